The highest BCUT2D eigenvalue weighted by molar-refractivity contribution is 14.2. The van der Waals surface area contributed by atoms with Crippen LogP contribution in [0.15, 0.2) is 24.3 Å². The average molecular weight is 667 g/mol. The van der Waals surface area contributed by atoms with E-state index >= 15 is 0 Å². The maximum atomic E-state index is 11.0. The van der Waals surface area contributed by atoms with Crippen LogP contribution in [0.2, 0.25) is 0 Å². The van der Waals surface area contributed by atoms with Crippen molar-refractivity contribution in [3.63, 3.8) is 0 Å². The van der Waals surface area contributed by atoms with Crippen LogP contribution in [0.3, 0.4) is 0 Å². The molecule has 88 valence electrons. The van der Waals surface area contributed by atoms with Gasteiger partial charge in [-0.15, -0.1) is 0 Å². The molecule has 1 aromatic carbocycles. The van der Waals surface area contributed by atoms with E-state index in [1.807, 2.05) is 18.2 Å². The molecule has 0 radical (unpaired) electrons. The number of hydrogen-bond donors (Lipinski definition) is 1. The quantitative estimate of drug-likeness (QED) is 0.363. The zero-order valence-electron chi connectivity index (χ0n) is 8.31. The molecular formula is C10H9I4NO. The van der Waals surface area contributed by atoms with Crippen LogP contribution in [0.1, 0.15) is 12.5 Å². The van der Waals surface area contributed by atoms with Gasteiger partial charge in [0, 0.05) is 12.6 Å². The lowest BCUT2D eigenvalue weighted by Crippen LogP contribution is -2.17. The molecule has 1 N–H and O–H groups in total. The minimum atomic E-state index is -0.0369. The largest absolute Gasteiger partial charge is 0.326 e. The molecule has 0 aromatic heterocycles. The summed E-state index contributed by atoms with van der Waals surface area (Å²) in [5.74, 6) is -0.0369. The summed E-state index contributed by atoms with van der Waals surface area (Å²) in [5.41, 5.74) is 2.07. The minimum Gasteiger partial charge on any atom is -0.326 e. The number of carbonyl (C=O) groups is 1. The third kappa shape index (κ3) is 4.37. The Kier molecular flexibility index (Phi) is 6.54. The summed E-state index contributed by atoms with van der Waals surface area (Å²) in [5, 5.41) is 2.81. The van der Waals surface area contributed by atoms with E-state index in [-0.39, 0.29) is 7.34 Å². The molecule has 0 spiro atoms. The van der Waals surface area contributed by atoms with Gasteiger partial charge in [-0.1, -0.05) is 102 Å². The van der Waals surface area contributed by atoms with Crippen molar-refractivity contribution in [2.24, 2.45) is 0 Å². The number of rotatable bonds is 3. The molecule has 0 fully saturated rings. The van der Waals surface area contributed by atoms with E-state index in [1.54, 1.807) is 0 Å². The maximum absolute atomic E-state index is 11.0. The zero-order valence-corrected chi connectivity index (χ0v) is 16.9. The van der Waals surface area contributed by atoms with Crippen LogP contribution in [0.5, 0.6) is 0 Å². The monoisotopic (exact) mass is 667 g/mol. The highest BCUT2D eigenvalue weighted by Crippen LogP contribution is 2.49. The van der Waals surface area contributed by atoms with Crippen LogP contribution >= 0.6 is 90.4 Å². The number of alkyl halides is 4. The van der Waals surface area contributed by atoms with Crippen molar-refractivity contribution in [3.05, 3.63) is 29.8 Å². The number of carbonyl (C=O) groups excluding carboxylic acids is 1. The number of hydrogen-bond acceptors (Lipinski definition) is 1. The first-order valence-corrected chi connectivity index (χ1v) is 9.03. The number of nitrogens with one attached hydrogen (secondary N) is 1. The molecule has 1 aromatic rings. The Balaban J connectivity index is 3.02. The molecule has 1 amide bonds. The first-order valence-electron chi connectivity index (χ1n) is 4.38. The summed E-state index contributed by atoms with van der Waals surface area (Å²) in [7, 11) is 0. The van der Waals surface area contributed by atoms with Crippen LogP contribution in [0, 0.1) is 0 Å². The van der Waals surface area contributed by atoms with Gasteiger partial charge >= 0.3 is 0 Å². The topological polar surface area (TPSA) is 29.1 Å². The highest BCUT2D eigenvalue weighted by Gasteiger charge is 2.31. The van der Waals surface area contributed by atoms with Gasteiger partial charge in [0.25, 0.3) is 0 Å². The fraction of sp³-hybridized carbons (Fsp3) is 0.300. The third-order valence-electron chi connectivity index (χ3n) is 1.84. The standard InChI is InChI=1S/C10H9I4NO/c1-6(16)15-8-4-2-3-7(5-8)10(13,14)9(11)12/h2-5,9H,1H3,(H,15,16). The number of halogens is 4. The number of benzene rings is 1. The lowest BCUT2D eigenvalue weighted by Gasteiger charge is -2.23. The summed E-state index contributed by atoms with van der Waals surface area (Å²) in [6.07, 6.45) is 0. The lowest BCUT2D eigenvalue weighted by atomic mass is 10.1. The Hall–Kier alpha value is 1.61. The molecule has 1 rings (SSSR count). The first kappa shape index (κ1) is 15.7. The van der Waals surface area contributed by atoms with E-state index in [4.69, 9.17) is 0 Å². The van der Waals surface area contributed by atoms with E-state index in [1.165, 1.54) is 12.5 Å². The molecule has 0 saturated carbocycles. The first-order chi connectivity index (χ1) is 7.34. The normalized spacial score (nSPS) is 11.6. The van der Waals surface area contributed by atoms with Gasteiger partial charge in [-0.05, 0) is 17.7 Å². The predicted octanol–water partition coefficient (Wildman–Crippen LogP) is 4.86. The van der Waals surface area contributed by atoms with E-state index in [9.17, 15) is 4.79 Å². The predicted molar refractivity (Wildman–Crippen MR) is 102 cm³/mol. The molecule has 0 unspecified atom stereocenters. The Bertz CT molecular complexity index is 392. The second-order valence-electron chi connectivity index (χ2n) is 3.19. The van der Waals surface area contributed by atoms with Crippen LogP contribution in [0.4, 0.5) is 5.69 Å². The molecule has 0 aliphatic heterocycles. The van der Waals surface area contributed by atoms with E-state index in [2.05, 4.69) is 102 Å². The molecular weight excluding hydrogens is 658 g/mol. The highest BCUT2D eigenvalue weighted by atomic mass is 127. The summed E-state index contributed by atoms with van der Waals surface area (Å²) in [4.78, 5) is 11.0. The van der Waals surface area contributed by atoms with Crippen LogP contribution in [-0.2, 0) is 6.22 Å². The summed E-state index contributed by atoms with van der Waals surface area (Å²) >= 11 is 9.70. The second kappa shape index (κ2) is 6.68. The van der Waals surface area contributed by atoms with Crippen molar-refractivity contribution in [1.29, 1.82) is 0 Å². The summed E-state index contributed by atoms with van der Waals surface area (Å²) in [6, 6.07) is 8.01. The third-order valence-corrected chi connectivity index (χ3v) is 11.0. The molecule has 0 heterocycles. The van der Waals surface area contributed by atoms with E-state index < -0.39 is 0 Å². The Morgan fingerprint density at radius 2 is 2.00 bits per heavy atom. The lowest BCUT2D eigenvalue weighted by molar-refractivity contribution is -0.114. The molecule has 0 saturated heterocycles. The smallest absolute Gasteiger partial charge is 0.221 e. The minimum absolute atomic E-state index is 0.0329. The molecule has 0 aliphatic rings. The van der Waals surface area contributed by atoms with Gasteiger partial charge in [0.05, 0.1) is 1.93 Å². The zero-order chi connectivity index (χ0) is 12.3. The number of amides is 1. The van der Waals surface area contributed by atoms with Crippen molar-refractivity contribution < 1.29 is 4.79 Å². The van der Waals surface area contributed by atoms with Gasteiger partial charge in [0.15, 0.2) is 0 Å². The van der Waals surface area contributed by atoms with E-state index in [0.717, 1.165) is 5.69 Å². The molecule has 0 aliphatic carbocycles. The SMILES string of the molecule is CC(=O)Nc1cccc(C(I)(I)C(I)I)c1. The Morgan fingerprint density at radius 3 is 2.50 bits per heavy atom. The van der Waals surface area contributed by atoms with Gasteiger partial charge in [0.2, 0.25) is 5.91 Å². The van der Waals surface area contributed by atoms with Gasteiger partial charge < -0.3 is 5.32 Å². The molecule has 0 atom stereocenters. The molecule has 6 heteroatoms. The number of anilines is 1. The van der Waals surface area contributed by atoms with Crippen molar-refractivity contribution in [3.8, 4) is 0 Å². The van der Waals surface area contributed by atoms with Crippen molar-refractivity contribution in [2.45, 2.75) is 10.3 Å². The van der Waals surface area contributed by atoms with Crippen molar-refractivity contribution in [1.82, 2.24) is 0 Å². The van der Waals surface area contributed by atoms with Crippen molar-refractivity contribution in [2.75, 3.05) is 5.32 Å². The molecule has 16 heavy (non-hydrogen) atoms. The second-order valence-corrected chi connectivity index (χ2v) is 13.5. The van der Waals surface area contributed by atoms with Crippen LogP contribution in [-0.4, -0.2) is 7.84 Å². The molecule has 0 bridgehead atoms. The Labute approximate surface area is 150 Å². The van der Waals surface area contributed by atoms with Crippen LogP contribution in [0.25, 0.3) is 0 Å². The van der Waals surface area contributed by atoms with Gasteiger partial charge in [0.1, 0.15) is 1.43 Å². The molecule has 2 nitrogen and oxygen atoms in total. The Morgan fingerprint density at radius 1 is 1.38 bits per heavy atom. The fourth-order valence-electron chi connectivity index (χ4n) is 1.13. The van der Waals surface area contributed by atoms with Gasteiger partial charge in [-0.25, -0.2) is 0 Å². The van der Waals surface area contributed by atoms with Gasteiger partial charge in [-0.2, -0.15) is 0 Å². The summed E-state index contributed by atoms with van der Waals surface area (Å²) < 4.78 is 0.502. The maximum Gasteiger partial charge on any atom is 0.221 e. The van der Waals surface area contributed by atoms with Crippen molar-refractivity contribution >= 4 is 102 Å². The van der Waals surface area contributed by atoms with E-state index in [0.29, 0.717) is 1.93 Å². The van der Waals surface area contributed by atoms with Crippen LogP contribution < -0.4 is 5.32 Å². The summed E-state index contributed by atoms with van der Waals surface area (Å²) in [6.45, 7) is 1.52. The van der Waals surface area contributed by atoms with Gasteiger partial charge in [-0.3, -0.25) is 4.79 Å². The average Bonchev–Trinajstić information content (AvgIpc) is 2.16. The fourth-order valence-corrected chi connectivity index (χ4v) is 2.52.